The molecule has 2 amide bonds. The van der Waals surface area contributed by atoms with Gasteiger partial charge in [0.25, 0.3) is 5.91 Å². The summed E-state index contributed by atoms with van der Waals surface area (Å²) in [6.45, 7) is 4.23. The molecule has 3 aromatic rings. The first-order chi connectivity index (χ1) is 15.5. The van der Waals surface area contributed by atoms with Gasteiger partial charge in [0.2, 0.25) is 5.91 Å². The van der Waals surface area contributed by atoms with Crippen molar-refractivity contribution in [2.45, 2.75) is 64.6 Å². The second-order valence-corrected chi connectivity index (χ2v) is 9.64. The molecule has 0 bridgehead atoms. The van der Waals surface area contributed by atoms with Crippen LogP contribution < -0.4 is 5.32 Å². The highest BCUT2D eigenvalue weighted by atomic mass is 32.1. The molecule has 4 rings (SSSR count). The molecule has 168 valence electrons. The Morgan fingerprint density at radius 1 is 1.09 bits per heavy atom. The topological polar surface area (TPSA) is 62.6 Å². The fraction of sp³-hybridized carbons (Fsp3) is 0.385. The summed E-state index contributed by atoms with van der Waals surface area (Å²) in [7, 11) is 0. The monoisotopic (exact) mass is 450 g/mol. The number of carbonyl (C=O) groups excluding carboxylic acids is 2. The fourth-order valence-corrected chi connectivity index (χ4v) is 4.95. The molecule has 0 radical (unpaired) electrons. The van der Waals surface area contributed by atoms with Gasteiger partial charge in [-0.2, -0.15) is 0 Å². The number of rotatable bonds is 8. The van der Waals surface area contributed by atoms with E-state index in [1.54, 1.807) is 16.2 Å². The Bertz CT molecular complexity index is 1030. The summed E-state index contributed by atoms with van der Waals surface area (Å²) in [6.07, 6.45) is 4.48. The van der Waals surface area contributed by atoms with E-state index in [1.165, 1.54) is 0 Å². The zero-order valence-corrected chi connectivity index (χ0v) is 19.5. The van der Waals surface area contributed by atoms with Gasteiger partial charge >= 0.3 is 0 Å². The quantitative estimate of drug-likeness (QED) is 0.505. The predicted octanol–water partition coefficient (Wildman–Crippen LogP) is 5.33. The van der Waals surface area contributed by atoms with Crippen LogP contribution in [-0.2, 0) is 22.6 Å². The minimum atomic E-state index is -0.807. The van der Waals surface area contributed by atoms with E-state index in [-0.39, 0.29) is 24.3 Å². The zero-order chi connectivity index (χ0) is 22.5. The van der Waals surface area contributed by atoms with Crippen molar-refractivity contribution in [3.63, 3.8) is 0 Å². The van der Waals surface area contributed by atoms with Crippen LogP contribution in [0.3, 0.4) is 0 Å². The number of benzene rings is 1. The highest BCUT2D eigenvalue weighted by Crippen LogP contribution is 2.28. The number of furan rings is 1. The van der Waals surface area contributed by atoms with E-state index in [1.807, 2.05) is 67.8 Å². The molecule has 2 aromatic heterocycles. The van der Waals surface area contributed by atoms with Gasteiger partial charge in [0, 0.05) is 17.5 Å². The largest absolute Gasteiger partial charge is 0.464 e. The van der Waals surface area contributed by atoms with Crippen LogP contribution in [0.25, 0.3) is 0 Å². The maximum atomic E-state index is 13.6. The van der Waals surface area contributed by atoms with Crippen LogP contribution in [0.15, 0.2) is 58.3 Å². The number of hydrogen-bond donors (Lipinski definition) is 1. The molecule has 1 aliphatic rings. The van der Waals surface area contributed by atoms with Crippen molar-refractivity contribution >= 4 is 23.2 Å². The normalized spacial score (nSPS) is 14.9. The van der Waals surface area contributed by atoms with Crippen LogP contribution in [0.1, 0.15) is 59.2 Å². The Morgan fingerprint density at radius 2 is 1.84 bits per heavy atom. The van der Waals surface area contributed by atoms with Crippen molar-refractivity contribution in [1.29, 1.82) is 0 Å². The molecule has 0 saturated heterocycles. The van der Waals surface area contributed by atoms with E-state index >= 15 is 0 Å². The number of hydrogen-bond acceptors (Lipinski definition) is 4. The molecule has 1 N–H and O–H groups in total. The Labute approximate surface area is 193 Å². The number of thiophene rings is 1. The van der Waals surface area contributed by atoms with E-state index in [0.717, 1.165) is 47.4 Å². The van der Waals surface area contributed by atoms with Crippen LogP contribution in [0.2, 0.25) is 0 Å². The van der Waals surface area contributed by atoms with Gasteiger partial charge < -0.3 is 14.6 Å². The molecule has 1 atom stereocenters. The summed E-state index contributed by atoms with van der Waals surface area (Å²) >= 11 is 1.55. The third-order valence-corrected chi connectivity index (χ3v) is 6.87. The summed E-state index contributed by atoms with van der Waals surface area (Å²) in [5.74, 6) is 0.968. The Hall–Kier alpha value is -2.86. The summed E-state index contributed by atoms with van der Waals surface area (Å²) in [4.78, 5) is 29.7. The molecule has 1 aromatic carbocycles. The van der Waals surface area contributed by atoms with E-state index in [0.29, 0.717) is 12.3 Å². The molecule has 1 fully saturated rings. The summed E-state index contributed by atoms with van der Waals surface area (Å²) in [6, 6.07) is 15.0. The van der Waals surface area contributed by atoms with E-state index < -0.39 is 6.04 Å². The summed E-state index contributed by atoms with van der Waals surface area (Å²) < 4.78 is 5.90. The lowest BCUT2D eigenvalue weighted by Gasteiger charge is -2.31. The van der Waals surface area contributed by atoms with Crippen molar-refractivity contribution in [3.05, 3.63) is 81.4 Å². The first-order valence-electron chi connectivity index (χ1n) is 11.2. The van der Waals surface area contributed by atoms with Gasteiger partial charge in [0.1, 0.15) is 11.5 Å². The molecule has 0 spiro atoms. The van der Waals surface area contributed by atoms with Gasteiger partial charge in [-0.1, -0.05) is 48.7 Å². The van der Waals surface area contributed by atoms with Gasteiger partial charge in [-0.3, -0.25) is 9.59 Å². The van der Waals surface area contributed by atoms with Crippen LogP contribution in [0, 0.1) is 13.8 Å². The SMILES string of the molecule is Cc1ccc(CN(C(=O)Cc2cccs2)C(C(=O)NC2CCCC2)c2ccc(C)o2)cc1. The molecule has 1 aliphatic carbocycles. The highest BCUT2D eigenvalue weighted by molar-refractivity contribution is 7.10. The van der Waals surface area contributed by atoms with Crippen LogP contribution in [-0.4, -0.2) is 22.8 Å². The lowest BCUT2D eigenvalue weighted by Crippen LogP contribution is -2.46. The van der Waals surface area contributed by atoms with E-state index in [9.17, 15) is 9.59 Å². The van der Waals surface area contributed by atoms with E-state index in [2.05, 4.69) is 5.32 Å². The summed E-state index contributed by atoms with van der Waals surface area (Å²) in [5, 5.41) is 5.15. The van der Waals surface area contributed by atoms with Gasteiger partial charge in [-0.25, -0.2) is 0 Å². The van der Waals surface area contributed by atoms with Crippen molar-refractivity contribution < 1.29 is 14.0 Å². The lowest BCUT2D eigenvalue weighted by molar-refractivity contribution is -0.142. The number of nitrogens with zero attached hydrogens (tertiary/aromatic N) is 1. The average Bonchev–Trinajstić information content (AvgIpc) is 3.53. The maximum absolute atomic E-state index is 13.6. The van der Waals surface area contributed by atoms with Crippen molar-refractivity contribution in [2.24, 2.45) is 0 Å². The number of carbonyl (C=O) groups is 2. The number of amides is 2. The third kappa shape index (κ3) is 5.49. The highest BCUT2D eigenvalue weighted by Gasteiger charge is 2.35. The van der Waals surface area contributed by atoms with Crippen molar-refractivity contribution in [2.75, 3.05) is 0 Å². The Morgan fingerprint density at radius 3 is 2.47 bits per heavy atom. The third-order valence-electron chi connectivity index (χ3n) is 5.99. The molecular formula is C26H30N2O3S. The smallest absolute Gasteiger partial charge is 0.250 e. The number of aryl methyl sites for hydroxylation is 2. The van der Waals surface area contributed by atoms with Gasteiger partial charge in [-0.05, 0) is 55.8 Å². The second kappa shape index (κ2) is 10.2. The van der Waals surface area contributed by atoms with Crippen molar-refractivity contribution in [3.8, 4) is 0 Å². The van der Waals surface area contributed by atoms with Gasteiger partial charge in [-0.15, -0.1) is 11.3 Å². The summed E-state index contributed by atoms with van der Waals surface area (Å²) in [5.41, 5.74) is 2.14. The van der Waals surface area contributed by atoms with Gasteiger partial charge in [0.15, 0.2) is 6.04 Å². The molecule has 1 saturated carbocycles. The molecule has 6 heteroatoms. The predicted molar refractivity (Wildman–Crippen MR) is 126 cm³/mol. The molecule has 2 heterocycles. The standard InChI is InChI=1S/C26H30N2O3S/c1-18-9-12-20(13-10-18)17-28(24(29)16-22-8-5-15-32-22)25(23-14-11-19(2)31-23)26(30)27-21-6-3-4-7-21/h5,8-15,21,25H,3-4,6-7,16-17H2,1-2H3,(H,27,30). The molecule has 32 heavy (non-hydrogen) atoms. The fourth-order valence-electron chi connectivity index (χ4n) is 4.25. The van der Waals surface area contributed by atoms with Crippen molar-refractivity contribution in [1.82, 2.24) is 10.2 Å². The van der Waals surface area contributed by atoms with Crippen LogP contribution >= 0.6 is 11.3 Å². The van der Waals surface area contributed by atoms with Crippen LogP contribution in [0.4, 0.5) is 0 Å². The minimum Gasteiger partial charge on any atom is -0.464 e. The first kappa shape index (κ1) is 22.3. The minimum absolute atomic E-state index is 0.0892. The second-order valence-electron chi connectivity index (χ2n) is 8.60. The van der Waals surface area contributed by atoms with Gasteiger partial charge in [0.05, 0.1) is 6.42 Å². The average molecular weight is 451 g/mol. The van der Waals surface area contributed by atoms with Crippen LogP contribution in [0.5, 0.6) is 0 Å². The molecule has 0 aliphatic heterocycles. The molecular weight excluding hydrogens is 420 g/mol. The lowest BCUT2D eigenvalue weighted by atomic mass is 10.1. The Kier molecular flexibility index (Phi) is 7.10. The van der Waals surface area contributed by atoms with E-state index in [4.69, 9.17) is 4.42 Å². The first-order valence-corrected chi connectivity index (χ1v) is 12.1. The molecule has 1 unspecified atom stereocenters. The number of nitrogens with one attached hydrogen (secondary N) is 1. The Balaban J connectivity index is 1.67. The maximum Gasteiger partial charge on any atom is 0.250 e. The zero-order valence-electron chi connectivity index (χ0n) is 18.7. The molecule has 5 nitrogen and oxygen atoms in total.